The van der Waals surface area contributed by atoms with Crippen molar-refractivity contribution in [3.63, 3.8) is 0 Å². The minimum absolute atomic E-state index is 0.175. The first-order valence-electron chi connectivity index (χ1n) is 12.0. The van der Waals surface area contributed by atoms with Gasteiger partial charge in [-0.05, 0) is 75.4 Å². The first-order valence-corrected chi connectivity index (χ1v) is 13.4. The van der Waals surface area contributed by atoms with E-state index in [-0.39, 0.29) is 17.3 Å². The van der Waals surface area contributed by atoms with Crippen molar-refractivity contribution >= 4 is 21.6 Å². The maximum Gasteiger partial charge on any atom is 0.264 e. The number of likely N-dealkylation sites (tertiary alicyclic amines) is 1. The molecule has 1 saturated heterocycles. The summed E-state index contributed by atoms with van der Waals surface area (Å²) in [5, 5.41) is 2.94. The van der Waals surface area contributed by atoms with E-state index in [1.54, 1.807) is 36.4 Å². The first-order chi connectivity index (χ1) is 15.8. The van der Waals surface area contributed by atoms with E-state index in [1.807, 2.05) is 26.0 Å². The van der Waals surface area contributed by atoms with Crippen LogP contribution in [0.2, 0.25) is 0 Å². The highest BCUT2D eigenvalue weighted by atomic mass is 32.2. The molecular formula is C26H37N3O3S. The Labute approximate surface area is 199 Å². The molecule has 6 nitrogen and oxygen atoms in total. The van der Waals surface area contributed by atoms with Crippen LogP contribution in [0.15, 0.2) is 53.4 Å². The van der Waals surface area contributed by atoms with Gasteiger partial charge in [0.25, 0.3) is 10.0 Å². The molecule has 1 N–H and O–H groups in total. The number of hydrogen-bond donors (Lipinski definition) is 1. The second kappa shape index (κ2) is 11.7. The van der Waals surface area contributed by atoms with Crippen LogP contribution in [0.5, 0.6) is 0 Å². The summed E-state index contributed by atoms with van der Waals surface area (Å²) in [6.07, 6.45) is 5.82. The van der Waals surface area contributed by atoms with E-state index in [0.29, 0.717) is 18.3 Å². The summed E-state index contributed by atoms with van der Waals surface area (Å²) in [6.45, 7) is 8.44. The van der Waals surface area contributed by atoms with Crippen LogP contribution in [0.1, 0.15) is 50.2 Å². The molecule has 3 rings (SSSR count). The van der Waals surface area contributed by atoms with Crippen molar-refractivity contribution in [2.45, 2.75) is 63.8 Å². The van der Waals surface area contributed by atoms with Gasteiger partial charge < -0.3 is 10.2 Å². The number of anilines is 1. The lowest BCUT2D eigenvalue weighted by atomic mass is 10.00. The zero-order valence-corrected chi connectivity index (χ0v) is 20.9. The normalized spacial score (nSPS) is 17.0. The molecule has 1 unspecified atom stereocenters. The van der Waals surface area contributed by atoms with E-state index < -0.39 is 10.0 Å². The Hall–Kier alpha value is -2.38. The smallest absolute Gasteiger partial charge is 0.264 e. The van der Waals surface area contributed by atoms with E-state index >= 15 is 0 Å². The Morgan fingerprint density at radius 1 is 1.09 bits per heavy atom. The summed E-state index contributed by atoms with van der Waals surface area (Å²) < 4.78 is 28.2. The van der Waals surface area contributed by atoms with Crippen LogP contribution < -0.4 is 9.62 Å². The fraction of sp³-hybridized carbons (Fsp3) is 0.500. The molecular weight excluding hydrogens is 434 g/mol. The number of carbonyl (C=O) groups excluding carboxylic acids is 1. The Morgan fingerprint density at radius 2 is 1.85 bits per heavy atom. The van der Waals surface area contributed by atoms with Crippen molar-refractivity contribution in [2.24, 2.45) is 0 Å². The predicted molar refractivity (Wildman–Crippen MR) is 134 cm³/mol. The largest absolute Gasteiger partial charge is 0.354 e. The maximum absolute atomic E-state index is 13.5. The SMILES string of the molecule is CCC1CCCCN1CCCNC(=O)CN(c1cccc(C)c1C)S(=O)(=O)c1ccccc1. The van der Waals surface area contributed by atoms with Gasteiger partial charge in [-0.15, -0.1) is 0 Å². The van der Waals surface area contributed by atoms with Crippen LogP contribution in [-0.4, -0.2) is 51.4 Å². The molecule has 1 amide bonds. The molecule has 1 aliphatic heterocycles. The number of piperidine rings is 1. The number of benzene rings is 2. The molecule has 7 heteroatoms. The van der Waals surface area contributed by atoms with Gasteiger partial charge in [0.2, 0.25) is 5.91 Å². The molecule has 0 radical (unpaired) electrons. The second-order valence-corrected chi connectivity index (χ2v) is 10.7. The van der Waals surface area contributed by atoms with Crippen LogP contribution in [0.4, 0.5) is 5.69 Å². The molecule has 0 spiro atoms. The summed E-state index contributed by atoms with van der Waals surface area (Å²) in [7, 11) is -3.88. The number of rotatable bonds is 10. The Balaban J connectivity index is 1.69. The van der Waals surface area contributed by atoms with Gasteiger partial charge >= 0.3 is 0 Å². The van der Waals surface area contributed by atoms with E-state index in [1.165, 1.54) is 23.6 Å². The number of aryl methyl sites for hydroxylation is 1. The fourth-order valence-corrected chi connectivity index (χ4v) is 6.04. The summed E-state index contributed by atoms with van der Waals surface area (Å²) in [5.41, 5.74) is 2.36. The highest BCUT2D eigenvalue weighted by Crippen LogP contribution is 2.28. The molecule has 1 heterocycles. The third-order valence-electron chi connectivity index (χ3n) is 6.63. The van der Waals surface area contributed by atoms with Crippen LogP contribution in [0.25, 0.3) is 0 Å². The van der Waals surface area contributed by atoms with Crippen molar-refractivity contribution < 1.29 is 13.2 Å². The summed E-state index contributed by atoms with van der Waals surface area (Å²) in [6, 6.07) is 14.5. The van der Waals surface area contributed by atoms with Crippen molar-refractivity contribution in [1.82, 2.24) is 10.2 Å². The van der Waals surface area contributed by atoms with Gasteiger partial charge in [-0.3, -0.25) is 9.10 Å². The fourth-order valence-electron chi connectivity index (χ4n) is 4.54. The molecule has 1 fully saturated rings. The van der Waals surface area contributed by atoms with Gasteiger partial charge in [0.1, 0.15) is 6.54 Å². The lowest BCUT2D eigenvalue weighted by Crippen LogP contribution is -2.43. The second-order valence-electron chi connectivity index (χ2n) is 8.84. The summed E-state index contributed by atoms with van der Waals surface area (Å²) in [5.74, 6) is -0.291. The third-order valence-corrected chi connectivity index (χ3v) is 8.40. The van der Waals surface area contributed by atoms with Gasteiger partial charge in [0.15, 0.2) is 0 Å². The minimum Gasteiger partial charge on any atom is -0.354 e. The van der Waals surface area contributed by atoms with E-state index in [0.717, 1.165) is 37.1 Å². The average molecular weight is 472 g/mol. The summed E-state index contributed by atoms with van der Waals surface area (Å²) >= 11 is 0. The maximum atomic E-state index is 13.5. The van der Waals surface area contributed by atoms with Crippen LogP contribution in [0.3, 0.4) is 0 Å². The lowest BCUT2D eigenvalue weighted by Gasteiger charge is -2.35. The molecule has 0 aromatic heterocycles. The lowest BCUT2D eigenvalue weighted by molar-refractivity contribution is -0.119. The molecule has 2 aromatic rings. The first kappa shape index (κ1) is 25.2. The minimum atomic E-state index is -3.88. The number of carbonyl (C=O) groups is 1. The number of nitrogens with one attached hydrogen (secondary N) is 1. The molecule has 1 atom stereocenters. The predicted octanol–water partition coefficient (Wildman–Crippen LogP) is 4.27. The molecule has 180 valence electrons. The standard InChI is InChI=1S/C26H37N3O3S/c1-4-23-13-8-9-18-28(23)19-11-17-27-26(30)20-29(25-16-10-12-21(2)22(25)3)33(31,32)24-14-6-5-7-15-24/h5-7,10,12,14-16,23H,4,8-9,11,13,17-20H2,1-3H3,(H,27,30). The Bertz CT molecular complexity index is 1020. The zero-order chi connectivity index (χ0) is 23.8. The van der Waals surface area contributed by atoms with Gasteiger partial charge in [-0.1, -0.05) is 43.7 Å². The molecule has 33 heavy (non-hydrogen) atoms. The third kappa shape index (κ3) is 6.36. The van der Waals surface area contributed by atoms with Crippen molar-refractivity contribution in [3.8, 4) is 0 Å². The number of hydrogen-bond acceptors (Lipinski definition) is 4. The van der Waals surface area contributed by atoms with Crippen LogP contribution in [0, 0.1) is 13.8 Å². The topological polar surface area (TPSA) is 69.7 Å². The monoisotopic (exact) mass is 471 g/mol. The van der Waals surface area contributed by atoms with Crippen molar-refractivity contribution in [3.05, 3.63) is 59.7 Å². The van der Waals surface area contributed by atoms with Gasteiger partial charge in [0, 0.05) is 19.1 Å². The van der Waals surface area contributed by atoms with E-state index in [2.05, 4.69) is 17.1 Å². The van der Waals surface area contributed by atoms with Crippen LogP contribution >= 0.6 is 0 Å². The highest BCUT2D eigenvalue weighted by molar-refractivity contribution is 7.92. The van der Waals surface area contributed by atoms with Gasteiger partial charge in [-0.2, -0.15) is 0 Å². The van der Waals surface area contributed by atoms with Gasteiger partial charge in [-0.25, -0.2) is 8.42 Å². The highest BCUT2D eigenvalue weighted by Gasteiger charge is 2.28. The summed E-state index contributed by atoms with van der Waals surface area (Å²) in [4.78, 5) is 15.5. The van der Waals surface area contributed by atoms with Gasteiger partial charge in [0.05, 0.1) is 10.6 Å². The number of amides is 1. The Kier molecular flexibility index (Phi) is 8.92. The number of sulfonamides is 1. The quantitative estimate of drug-likeness (QED) is 0.526. The average Bonchev–Trinajstić information content (AvgIpc) is 2.83. The molecule has 0 aliphatic carbocycles. The molecule has 0 bridgehead atoms. The van der Waals surface area contributed by atoms with E-state index in [9.17, 15) is 13.2 Å². The Morgan fingerprint density at radius 3 is 2.58 bits per heavy atom. The molecule has 1 aliphatic rings. The molecule has 0 saturated carbocycles. The van der Waals surface area contributed by atoms with Crippen LogP contribution in [-0.2, 0) is 14.8 Å². The van der Waals surface area contributed by atoms with E-state index in [4.69, 9.17) is 0 Å². The molecule has 2 aromatic carbocycles. The number of nitrogens with zero attached hydrogens (tertiary/aromatic N) is 2. The van der Waals surface area contributed by atoms with Crippen molar-refractivity contribution in [2.75, 3.05) is 30.5 Å². The van der Waals surface area contributed by atoms with Crippen molar-refractivity contribution in [1.29, 1.82) is 0 Å². The zero-order valence-electron chi connectivity index (χ0n) is 20.1.